The third-order valence-corrected chi connectivity index (χ3v) is 1.78. The number of aromatic nitrogens is 2. The molecule has 0 amide bonds. The maximum absolute atomic E-state index is 11.4. The van der Waals surface area contributed by atoms with Crippen LogP contribution in [0.2, 0.25) is 0 Å². The minimum Gasteiger partial charge on any atom is -0.287 e. The molecule has 3 nitrogen and oxygen atoms in total. The molecule has 3 heteroatoms. The summed E-state index contributed by atoms with van der Waals surface area (Å²) in [6.45, 7) is 3.83. The molecule has 1 heterocycles. The zero-order valence-electron chi connectivity index (χ0n) is 7.16. The van der Waals surface area contributed by atoms with Crippen molar-refractivity contribution in [2.45, 2.75) is 20.4 Å². The predicted octanol–water partition coefficient (Wildman–Crippen LogP) is 0.493. The van der Waals surface area contributed by atoms with Crippen molar-refractivity contribution in [2.24, 2.45) is 0 Å². The van der Waals surface area contributed by atoms with Crippen molar-refractivity contribution in [1.29, 1.82) is 0 Å². The molecular weight excluding hydrogens is 152 g/mol. The monoisotopic (exact) mass is 162 g/mol. The van der Waals surface area contributed by atoms with Gasteiger partial charge in [-0.1, -0.05) is 5.92 Å². The van der Waals surface area contributed by atoms with Crippen LogP contribution in [0.15, 0.2) is 11.1 Å². The Kier molecular flexibility index (Phi) is 2.29. The second-order valence-corrected chi connectivity index (χ2v) is 2.59. The maximum atomic E-state index is 11.4. The van der Waals surface area contributed by atoms with Crippen LogP contribution < -0.4 is 5.56 Å². The van der Waals surface area contributed by atoms with E-state index in [1.165, 1.54) is 10.9 Å². The molecule has 0 saturated carbocycles. The molecule has 0 aliphatic heterocycles. The highest BCUT2D eigenvalue weighted by molar-refractivity contribution is 5.12. The normalized spacial score (nSPS) is 9.42. The summed E-state index contributed by atoms with van der Waals surface area (Å²) in [7, 11) is 0. The average Bonchev–Trinajstić information content (AvgIpc) is 2.07. The lowest BCUT2D eigenvalue weighted by molar-refractivity contribution is 0.750. The number of hydrogen-bond donors (Lipinski definition) is 0. The summed E-state index contributed by atoms with van der Waals surface area (Å²) in [5.41, 5.74) is 1.36. The van der Waals surface area contributed by atoms with E-state index in [1.807, 2.05) is 0 Å². The fourth-order valence-corrected chi connectivity index (χ4v) is 0.887. The molecule has 1 aromatic heterocycles. The highest BCUT2D eigenvalue weighted by Crippen LogP contribution is 1.93. The van der Waals surface area contributed by atoms with Crippen molar-refractivity contribution in [2.75, 3.05) is 0 Å². The quantitative estimate of drug-likeness (QED) is 0.563. The van der Waals surface area contributed by atoms with Crippen molar-refractivity contribution < 1.29 is 0 Å². The number of rotatable bonds is 1. The fraction of sp³-hybridized carbons (Fsp3) is 0.333. The molecule has 1 aromatic rings. The van der Waals surface area contributed by atoms with Gasteiger partial charge in [-0.05, 0) is 13.8 Å². The van der Waals surface area contributed by atoms with Crippen LogP contribution in [0.5, 0.6) is 0 Å². The van der Waals surface area contributed by atoms with Gasteiger partial charge in [-0.2, -0.15) is 0 Å². The SMILES string of the molecule is C#CCn1cnc(C)c(C)c1=O. The van der Waals surface area contributed by atoms with E-state index in [0.717, 1.165) is 5.69 Å². The maximum Gasteiger partial charge on any atom is 0.257 e. The van der Waals surface area contributed by atoms with Gasteiger partial charge >= 0.3 is 0 Å². The Balaban J connectivity index is 3.29. The van der Waals surface area contributed by atoms with E-state index in [9.17, 15) is 4.79 Å². The Hall–Kier alpha value is -1.56. The van der Waals surface area contributed by atoms with Crippen molar-refractivity contribution in [3.63, 3.8) is 0 Å². The molecule has 0 aliphatic carbocycles. The van der Waals surface area contributed by atoms with Crippen LogP contribution in [0.25, 0.3) is 0 Å². The van der Waals surface area contributed by atoms with Crippen LogP contribution in [0.3, 0.4) is 0 Å². The van der Waals surface area contributed by atoms with Gasteiger partial charge in [-0.25, -0.2) is 4.98 Å². The summed E-state index contributed by atoms with van der Waals surface area (Å²) in [6, 6.07) is 0. The van der Waals surface area contributed by atoms with Gasteiger partial charge in [0.15, 0.2) is 0 Å². The zero-order chi connectivity index (χ0) is 9.14. The molecule has 0 bridgehead atoms. The topological polar surface area (TPSA) is 34.9 Å². The molecule has 1 rings (SSSR count). The number of aryl methyl sites for hydroxylation is 1. The lowest BCUT2D eigenvalue weighted by Gasteiger charge is -2.02. The molecular formula is C9H10N2O. The third kappa shape index (κ3) is 1.37. The van der Waals surface area contributed by atoms with Gasteiger partial charge in [0.05, 0.1) is 12.9 Å². The van der Waals surface area contributed by atoms with E-state index in [-0.39, 0.29) is 12.1 Å². The van der Waals surface area contributed by atoms with Crippen LogP contribution in [-0.4, -0.2) is 9.55 Å². The number of terminal acetylenes is 1. The van der Waals surface area contributed by atoms with Crippen molar-refractivity contribution >= 4 is 0 Å². The molecule has 0 spiro atoms. The average molecular weight is 162 g/mol. The first kappa shape index (κ1) is 8.54. The Morgan fingerprint density at radius 2 is 2.33 bits per heavy atom. The van der Waals surface area contributed by atoms with E-state index in [0.29, 0.717) is 5.56 Å². The van der Waals surface area contributed by atoms with Gasteiger partial charge in [0, 0.05) is 11.3 Å². The van der Waals surface area contributed by atoms with Crippen molar-refractivity contribution in [3.8, 4) is 12.3 Å². The second kappa shape index (κ2) is 3.22. The zero-order valence-corrected chi connectivity index (χ0v) is 7.16. The molecule has 0 aromatic carbocycles. The number of nitrogens with zero attached hydrogens (tertiary/aromatic N) is 2. The van der Waals surface area contributed by atoms with E-state index in [4.69, 9.17) is 6.42 Å². The Morgan fingerprint density at radius 3 is 2.92 bits per heavy atom. The minimum absolute atomic E-state index is 0.0551. The molecule has 0 atom stereocenters. The van der Waals surface area contributed by atoms with Gasteiger partial charge in [-0.3, -0.25) is 9.36 Å². The minimum atomic E-state index is -0.0551. The molecule has 0 aliphatic rings. The lowest BCUT2D eigenvalue weighted by Crippen LogP contribution is -2.23. The van der Waals surface area contributed by atoms with E-state index in [2.05, 4.69) is 10.9 Å². The molecule has 12 heavy (non-hydrogen) atoms. The third-order valence-electron chi connectivity index (χ3n) is 1.78. The van der Waals surface area contributed by atoms with E-state index >= 15 is 0 Å². The smallest absolute Gasteiger partial charge is 0.257 e. The molecule has 0 fully saturated rings. The largest absolute Gasteiger partial charge is 0.287 e. The van der Waals surface area contributed by atoms with Crippen LogP contribution in [0.1, 0.15) is 11.3 Å². The summed E-state index contributed by atoms with van der Waals surface area (Å²) in [5.74, 6) is 2.39. The first-order valence-corrected chi connectivity index (χ1v) is 3.63. The highest BCUT2D eigenvalue weighted by Gasteiger charge is 2.01. The van der Waals surface area contributed by atoms with Gasteiger partial charge < -0.3 is 0 Å². The van der Waals surface area contributed by atoms with Crippen LogP contribution >= 0.6 is 0 Å². The standard InChI is InChI=1S/C9H10N2O/c1-4-5-11-6-10-8(3)7(2)9(11)12/h1,6H,5H2,2-3H3. The Bertz CT molecular complexity index is 384. The van der Waals surface area contributed by atoms with Gasteiger partial charge in [0.2, 0.25) is 0 Å². The first-order valence-electron chi connectivity index (χ1n) is 3.63. The van der Waals surface area contributed by atoms with E-state index < -0.39 is 0 Å². The Labute approximate surface area is 71.1 Å². The lowest BCUT2D eigenvalue weighted by atomic mass is 10.3. The summed E-state index contributed by atoms with van der Waals surface area (Å²) in [5, 5.41) is 0. The summed E-state index contributed by atoms with van der Waals surface area (Å²) >= 11 is 0. The van der Waals surface area contributed by atoms with Gasteiger partial charge in [0.1, 0.15) is 0 Å². The summed E-state index contributed by atoms with van der Waals surface area (Å²) in [4.78, 5) is 15.4. The number of hydrogen-bond acceptors (Lipinski definition) is 2. The fourth-order valence-electron chi connectivity index (χ4n) is 0.887. The highest BCUT2D eigenvalue weighted by atomic mass is 16.1. The molecule has 0 N–H and O–H groups in total. The van der Waals surface area contributed by atoms with Gasteiger partial charge in [0.25, 0.3) is 5.56 Å². The van der Waals surface area contributed by atoms with Crippen LogP contribution in [0.4, 0.5) is 0 Å². The molecule has 0 unspecified atom stereocenters. The summed E-state index contributed by atoms with van der Waals surface area (Å²) < 4.78 is 1.42. The van der Waals surface area contributed by atoms with E-state index in [1.54, 1.807) is 13.8 Å². The first-order chi connectivity index (χ1) is 5.66. The second-order valence-electron chi connectivity index (χ2n) is 2.59. The van der Waals surface area contributed by atoms with Crippen molar-refractivity contribution in [3.05, 3.63) is 27.9 Å². The Morgan fingerprint density at radius 1 is 1.67 bits per heavy atom. The van der Waals surface area contributed by atoms with Crippen LogP contribution in [-0.2, 0) is 6.54 Å². The molecule has 0 radical (unpaired) electrons. The predicted molar refractivity (Wildman–Crippen MR) is 46.8 cm³/mol. The molecule has 62 valence electrons. The van der Waals surface area contributed by atoms with Crippen molar-refractivity contribution in [1.82, 2.24) is 9.55 Å². The van der Waals surface area contributed by atoms with Crippen LogP contribution in [0, 0.1) is 26.2 Å². The molecule has 0 saturated heterocycles. The van der Waals surface area contributed by atoms with Gasteiger partial charge in [-0.15, -0.1) is 6.42 Å². The summed E-state index contributed by atoms with van der Waals surface area (Å²) in [6.07, 6.45) is 6.56.